The van der Waals surface area contributed by atoms with Crippen LogP contribution in [0.3, 0.4) is 0 Å². The molecule has 18 heavy (non-hydrogen) atoms. The molecule has 0 saturated heterocycles. The molecule has 3 nitrogen and oxygen atoms in total. The fourth-order valence-corrected chi connectivity index (χ4v) is 2.33. The lowest BCUT2D eigenvalue weighted by molar-refractivity contribution is 0.0182. The van der Waals surface area contributed by atoms with Crippen molar-refractivity contribution >= 4 is 5.69 Å². The van der Waals surface area contributed by atoms with Crippen LogP contribution in [0.1, 0.15) is 23.6 Å². The standard InChI is InChI=1S/C13H18F2N2O/c14-13(15)8-18-6-5-17-12-4-1-9-7-10(16)2-3-11(9)12/h2-3,7,12-13,17H,1,4-6,8,16H2. The molecule has 0 radical (unpaired) electrons. The predicted octanol–water partition coefficient (Wildman–Crippen LogP) is 2.13. The van der Waals surface area contributed by atoms with E-state index in [1.54, 1.807) is 0 Å². The van der Waals surface area contributed by atoms with Crippen molar-refractivity contribution in [2.45, 2.75) is 25.3 Å². The Morgan fingerprint density at radius 2 is 2.28 bits per heavy atom. The molecular weight excluding hydrogens is 238 g/mol. The Balaban J connectivity index is 1.76. The van der Waals surface area contributed by atoms with Crippen molar-refractivity contribution in [1.82, 2.24) is 5.32 Å². The quantitative estimate of drug-likeness (QED) is 0.605. The molecule has 0 aromatic heterocycles. The number of hydrogen-bond acceptors (Lipinski definition) is 3. The van der Waals surface area contributed by atoms with Crippen molar-refractivity contribution in [3.05, 3.63) is 29.3 Å². The highest BCUT2D eigenvalue weighted by molar-refractivity contribution is 5.47. The summed E-state index contributed by atoms with van der Waals surface area (Å²) in [6.45, 7) is 0.409. The Morgan fingerprint density at radius 3 is 3.06 bits per heavy atom. The van der Waals surface area contributed by atoms with Gasteiger partial charge in [-0.25, -0.2) is 8.78 Å². The largest absolute Gasteiger partial charge is 0.399 e. The van der Waals surface area contributed by atoms with Gasteiger partial charge in [-0.15, -0.1) is 0 Å². The summed E-state index contributed by atoms with van der Waals surface area (Å²) in [5.41, 5.74) is 9.06. The highest BCUT2D eigenvalue weighted by Gasteiger charge is 2.21. The smallest absolute Gasteiger partial charge is 0.261 e. The van der Waals surface area contributed by atoms with Crippen molar-refractivity contribution in [3.63, 3.8) is 0 Å². The lowest BCUT2D eigenvalue weighted by Gasteiger charge is -2.14. The number of alkyl halides is 2. The molecule has 0 spiro atoms. The normalized spacial score (nSPS) is 18.3. The second-order valence-electron chi connectivity index (χ2n) is 4.47. The van der Waals surface area contributed by atoms with E-state index in [0.29, 0.717) is 13.2 Å². The third-order valence-corrected chi connectivity index (χ3v) is 3.13. The van der Waals surface area contributed by atoms with Crippen molar-refractivity contribution in [2.24, 2.45) is 0 Å². The van der Waals surface area contributed by atoms with Crippen molar-refractivity contribution in [1.29, 1.82) is 0 Å². The Kier molecular flexibility index (Phi) is 4.49. The fraction of sp³-hybridized carbons (Fsp3) is 0.538. The molecular formula is C13H18F2N2O. The number of aryl methyl sites for hydroxylation is 1. The summed E-state index contributed by atoms with van der Waals surface area (Å²) in [4.78, 5) is 0. The Labute approximate surface area is 105 Å². The first-order chi connectivity index (χ1) is 8.66. The van der Waals surface area contributed by atoms with Gasteiger partial charge in [0.15, 0.2) is 0 Å². The monoisotopic (exact) mass is 256 g/mol. The minimum atomic E-state index is -2.39. The number of anilines is 1. The maximum absolute atomic E-state index is 11.8. The summed E-state index contributed by atoms with van der Waals surface area (Å²) in [5.74, 6) is 0. The first-order valence-electron chi connectivity index (χ1n) is 6.14. The van der Waals surface area contributed by atoms with Crippen LogP contribution in [-0.4, -0.2) is 26.2 Å². The Morgan fingerprint density at radius 1 is 1.44 bits per heavy atom. The van der Waals surface area contributed by atoms with Crippen LogP contribution in [0.5, 0.6) is 0 Å². The molecule has 0 bridgehead atoms. The maximum Gasteiger partial charge on any atom is 0.261 e. The molecule has 1 aliphatic rings. The van der Waals surface area contributed by atoms with E-state index in [1.165, 1.54) is 11.1 Å². The number of benzene rings is 1. The van der Waals surface area contributed by atoms with Crippen LogP contribution in [-0.2, 0) is 11.2 Å². The van der Waals surface area contributed by atoms with Gasteiger partial charge in [-0.3, -0.25) is 0 Å². The number of nitrogens with two attached hydrogens (primary N) is 1. The molecule has 1 atom stereocenters. The van der Waals surface area contributed by atoms with Gasteiger partial charge < -0.3 is 15.8 Å². The molecule has 5 heteroatoms. The van der Waals surface area contributed by atoms with Crippen molar-refractivity contribution in [2.75, 3.05) is 25.5 Å². The van der Waals surface area contributed by atoms with E-state index in [0.717, 1.165) is 18.5 Å². The Bertz CT molecular complexity index is 399. The second kappa shape index (κ2) is 6.11. The number of ether oxygens (including phenoxy) is 1. The summed E-state index contributed by atoms with van der Waals surface area (Å²) in [5, 5.41) is 3.32. The molecule has 1 aliphatic carbocycles. The second-order valence-corrected chi connectivity index (χ2v) is 4.47. The summed E-state index contributed by atoms with van der Waals surface area (Å²) in [6, 6.07) is 6.22. The number of nitrogen functional groups attached to an aromatic ring is 1. The lowest BCUT2D eigenvalue weighted by Crippen LogP contribution is -2.24. The highest BCUT2D eigenvalue weighted by atomic mass is 19.3. The minimum Gasteiger partial charge on any atom is -0.399 e. The van der Waals surface area contributed by atoms with E-state index >= 15 is 0 Å². The molecule has 3 N–H and O–H groups in total. The fourth-order valence-electron chi connectivity index (χ4n) is 2.33. The molecule has 1 aromatic rings. The topological polar surface area (TPSA) is 47.3 Å². The third kappa shape index (κ3) is 3.40. The van der Waals surface area contributed by atoms with Gasteiger partial charge in [0.25, 0.3) is 6.43 Å². The molecule has 0 amide bonds. The molecule has 1 aromatic carbocycles. The number of nitrogens with one attached hydrogen (secondary N) is 1. The minimum absolute atomic E-state index is 0.288. The van der Waals surface area contributed by atoms with Gasteiger partial charge >= 0.3 is 0 Å². The van der Waals surface area contributed by atoms with E-state index in [4.69, 9.17) is 10.5 Å². The zero-order chi connectivity index (χ0) is 13.0. The summed E-state index contributed by atoms with van der Waals surface area (Å²) >= 11 is 0. The average Bonchev–Trinajstić information content (AvgIpc) is 2.70. The van der Waals surface area contributed by atoms with Gasteiger partial charge in [0.2, 0.25) is 0 Å². The lowest BCUT2D eigenvalue weighted by atomic mass is 10.1. The first-order valence-corrected chi connectivity index (χ1v) is 6.14. The number of fused-ring (bicyclic) bond motifs is 1. The van der Waals surface area contributed by atoms with Crippen molar-refractivity contribution in [3.8, 4) is 0 Å². The zero-order valence-corrected chi connectivity index (χ0v) is 10.2. The van der Waals surface area contributed by atoms with Gasteiger partial charge in [0.1, 0.15) is 6.61 Å². The highest BCUT2D eigenvalue weighted by Crippen LogP contribution is 2.31. The van der Waals surface area contributed by atoms with Gasteiger partial charge in [-0.2, -0.15) is 0 Å². The van der Waals surface area contributed by atoms with E-state index in [-0.39, 0.29) is 6.04 Å². The van der Waals surface area contributed by atoms with Crippen LogP contribution < -0.4 is 11.1 Å². The third-order valence-electron chi connectivity index (χ3n) is 3.13. The van der Waals surface area contributed by atoms with Crippen LogP contribution >= 0.6 is 0 Å². The van der Waals surface area contributed by atoms with E-state index in [2.05, 4.69) is 5.32 Å². The summed E-state index contributed by atoms with van der Waals surface area (Å²) < 4.78 is 28.5. The van der Waals surface area contributed by atoms with Gasteiger partial charge in [0, 0.05) is 18.3 Å². The summed E-state index contributed by atoms with van der Waals surface area (Å²) in [6.07, 6.45) is -0.357. The molecule has 0 fully saturated rings. The van der Waals surface area contributed by atoms with Crippen LogP contribution in [0, 0.1) is 0 Å². The molecule has 1 unspecified atom stereocenters. The van der Waals surface area contributed by atoms with Crippen LogP contribution in [0.25, 0.3) is 0 Å². The van der Waals surface area contributed by atoms with Gasteiger partial charge in [-0.05, 0) is 36.1 Å². The number of hydrogen-bond donors (Lipinski definition) is 2. The number of rotatable bonds is 6. The van der Waals surface area contributed by atoms with Crippen molar-refractivity contribution < 1.29 is 13.5 Å². The molecule has 2 rings (SSSR count). The SMILES string of the molecule is Nc1ccc2c(c1)CCC2NCCOCC(F)F. The molecule has 0 heterocycles. The van der Waals surface area contributed by atoms with E-state index in [9.17, 15) is 8.78 Å². The van der Waals surface area contributed by atoms with Gasteiger partial charge in [-0.1, -0.05) is 6.07 Å². The predicted molar refractivity (Wildman–Crippen MR) is 66.7 cm³/mol. The molecule has 0 saturated carbocycles. The number of halogens is 2. The van der Waals surface area contributed by atoms with Crippen LogP contribution in [0.2, 0.25) is 0 Å². The first kappa shape index (κ1) is 13.2. The van der Waals surface area contributed by atoms with E-state index < -0.39 is 13.0 Å². The zero-order valence-electron chi connectivity index (χ0n) is 10.2. The van der Waals surface area contributed by atoms with Crippen LogP contribution in [0.4, 0.5) is 14.5 Å². The molecule has 0 aliphatic heterocycles. The maximum atomic E-state index is 11.8. The summed E-state index contributed by atoms with van der Waals surface area (Å²) in [7, 11) is 0. The average molecular weight is 256 g/mol. The Hall–Kier alpha value is -1.20. The van der Waals surface area contributed by atoms with E-state index in [1.807, 2.05) is 18.2 Å². The van der Waals surface area contributed by atoms with Crippen LogP contribution in [0.15, 0.2) is 18.2 Å². The van der Waals surface area contributed by atoms with Gasteiger partial charge in [0.05, 0.1) is 6.61 Å². The molecule has 100 valence electrons.